The molecule has 0 bridgehead atoms. The molecule has 1 fully saturated rings. The van der Waals surface area contributed by atoms with E-state index < -0.39 is 0 Å². The van der Waals surface area contributed by atoms with Crippen LogP contribution in [0.2, 0.25) is 0 Å². The number of thioether (sulfide) groups is 1. The smallest absolute Gasteiger partial charge is 0.277 e. The quantitative estimate of drug-likeness (QED) is 0.433. The minimum Gasteiger partial charge on any atom is -0.411 e. The van der Waals surface area contributed by atoms with Crippen LogP contribution in [0.3, 0.4) is 0 Å². The molecule has 1 saturated heterocycles. The van der Waals surface area contributed by atoms with E-state index in [2.05, 4.69) is 56.5 Å². The number of hydrogen-bond donors (Lipinski definition) is 0. The van der Waals surface area contributed by atoms with E-state index in [4.69, 9.17) is 4.42 Å². The molecule has 1 unspecified atom stereocenters. The maximum absolute atomic E-state index is 12.9. The lowest BCUT2D eigenvalue weighted by Crippen LogP contribution is -2.42. The summed E-state index contributed by atoms with van der Waals surface area (Å²) in [5.41, 5.74) is 2.23. The molecule has 0 saturated carbocycles. The summed E-state index contributed by atoms with van der Waals surface area (Å²) < 4.78 is 6.72. The molecule has 0 spiro atoms. The lowest BCUT2D eigenvalue weighted by Gasteiger charge is -2.33. The lowest BCUT2D eigenvalue weighted by atomic mass is 9.90. The molecule has 156 valence electrons. The first-order valence-electron chi connectivity index (χ1n) is 10.2. The molecule has 1 aromatic heterocycles. The number of aromatic nitrogens is 2. The van der Waals surface area contributed by atoms with Gasteiger partial charge in [-0.3, -0.25) is 4.79 Å². The van der Waals surface area contributed by atoms with E-state index in [-0.39, 0.29) is 11.2 Å². The van der Waals surface area contributed by atoms with Gasteiger partial charge in [0.1, 0.15) is 0 Å². The molecule has 2 heterocycles. The Bertz CT molecular complexity index is 987. The molecule has 7 heteroatoms. The number of carbonyl (C=O) groups excluding carboxylic acids is 1. The molecule has 3 aromatic rings. The van der Waals surface area contributed by atoms with Gasteiger partial charge in [-0.25, -0.2) is 0 Å². The highest BCUT2D eigenvalue weighted by atomic mass is 79.9. The first kappa shape index (κ1) is 21.1. The number of halogens is 1. The fourth-order valence-electron chi connectivity index (χ4n) is 3.76. The van der Waals surface area contributed by atoms with Gasteiger partial charge < -0.3 is 9.32 Å². The maximum Gasteiger partial charge on any atom is 0.277 e. The van der Waals surface area contributed by atoms with E-state index in [0.717, 1.165) is 42.4 Å². The number of nitrogens with zero attached hydrogens (tertiary/aromatic N) is 3. The van der Waals surface area contributed by atoms with Crippen molar-refractivity contribution < 1.29 is 9.21 Å². The Morgan fingerprint density at radius 2 is 1.93 bits per heavy atom. The minimum absolute atomic E-state index is 0.139. The predicted molar refractivity (Wildman–Crippen MR) is 122 cm³/mol. The normalized spacial score (nSPS) is 15.9. The summed E-state index contributed by atoms with van der Waals surface area (Å²) in [6.07, 6.45) is 3.19. The van der Waals surface area contributed by atoms with Crippen LogP contribution in [0.4, 0.5) is 0 Å². The molecule has 1 atom stereocenters. The number of amides is 1. The van der Waals surface area contributed by atoms with Crippen molar-refractivity contribution in [1.82, 2.24) is 15.1 Å². The number of benzene rings is 2. The van der Waals surface area contributed by atoms with Crippen LogP contribution in [-0.4, -0.2) is 39.3 Å². The van der Waals surface area contributed by atoms with Gasteiger partial charge in [-0.15, -0.1) is 10.2 Å². The van der Waals surface area contributed by atoms with Crippen LogP contribution in [0.5, 0.6) is 0 Å². The molecule has 1 amide bonds. The zero-order valence-corrected chi connectivity index (χ0v) is 19.2. The van der Waals surface area contributed by atoms with Gasteiger partial charge in [-0.1, -0.05) is 64.1 Å². The highest BCUT2D eigenvalue weighted by Crippen LogP contribution is 2.29. The van der Waals surface area contributed by atoms with Gasteiger partial charge in [0.25, 0.3) is 5.22 Å². The molecule has 1 aliphatic heterocycles. The molecular weight excluding hydrogens is 462 g/mol. The van der Waals surface area contributed by atoms with E-state index in [1.54, 1.807) is 0 Å². The van der Waals surface area contributed by atoms with E-state index in [1.807, 2.05) is 36.1 Å². The summed E-state index contributed by atoms with van der Waals surface area (Å²) >= 11 is 4.77. The zero-order chi connectivity index (χ0) is 20.9. The number of likely N-dealkylation sites (tertiary alicyclic amines) is 1. The topological polar surface area (TPSA) is 59.2 Å². The van der Waals surface area contributed by atoms with E-state index in [0.29, 0.717) is 17.0 Å². The summed E-state index contributed by atoms with van der Waals surface area (Å²) in [6.45, 7) is 3.54. The van der Waals surface area contributed by atoms with Crippen LogP contribution in [0.25, 0.3) is 11.5 Å². The summed E-state index contributed by atoms with van der Waals surface area (Å²) in [4.78, 5) is 14.9. The monoisotopic (exact) mass is 485 g/mol. The lowest BCUT2D eigenvalue weighted by molar-refractivity contribution is -0.131. The van der Waals surface area contributed by atoms with Crippen LogP contribution >= 0.6 is 27.7 Å². The van der Waals surface area contributed by atoms with E-state index >= 15 is 0 Å². The maximum atomic E-state index is 12.9. The summed E-state index contributed by atoms with van der Waals surface area (Å²) in [5.74, 6) is 1.24. The van der Waals surface area contributed by atoms with Crippen molar-refractivity contribution in [3.05, 3.63) is 64.6 Å². The van der Waals surface area contributed by atoms with Crippen LogP contribution in [0.15, 0.2) is 68.7 Å². The second-order valence-electron chi connectivity index (χ2n) is 7.60. The first-order valence-corrected chi connectivity index (χ1v) is 11.8. The van der Waals surface area contributed by atoms with Crippen LogP contribution in [-0.2, 0) is 11.2 Å². The molecule has 2 aromatic carbocycles. The molecule has 0 aliphatic carbocycles. The number of piperidine rings is 1. The van der Waals surface area contributed by atoms with Gasteiger partial charge in [-0.2, -0.15) is 0 Å². The summed E-state index contributed by atoms with van der Waals surface area (Å²) in [6, 6.07) is 18.3. The van der Waals surface area contributed by atoms with Gasteiger partial charge >= 0.3 is 0 Å². The zero-order valence-electron chi connectivity index (χ0n) is 16.8. The fourth-order valence-corrected chi connectivity index (χ4v) is 4.93. The first-order chi connectivity index (χ1) is 14.6. The van der Waals surface area contributed by atoms with Crippen molar-refractivity contribution in [2.45, 2.75) is 36.7 Å². The average molecular weight is 486 g/mol. The molecule has 0 radical (unpaired) electrons. The van der Waals surface area contributed by atoms with E-state index in [9.17, 15) is 4.79 Å². The third kappa shape index (κ3) is 5.32. The average Bonchev–Trinajstić information content (AvgIpc) is 3.23. The molecule has 30 heavy (non-hydrogen) atoms. The SMILES string of the molecule is CC(Sc1nnc(-c2cccc(Br)c2)o1)C(=O)N1CCC(Cc2ccccc2)CC1. The Kier molecular flexibility index (Phi) is 6.89. The van der Waals surface area contributed by atoms with Crippen molar-refractivity contribution >= 4 is 33.6 Å². The summed E-state index contributed by atoms with van der Waals surface area (Å²) in [7, 11) is 0. The van der Waals surface area contributed by atoms with Crippen molar-refractivity contribution in [3.63, 3.8) is 0 Å². The number of rotatable bonds is 6. The van der Waals surface area contributed by atoms with Crippen LogP contribution < -0.4 is 0 Å². The third-order valence-electron chi connectivity index (χ3n) is 5.40. The Labute approximate surface area is 189 Å². The third-order valence-corrected chi connectivity index (χ3v) is 6.81. The standard InChI is InChI=1S/C23H24BrN3O2S/c1-16(30-23-26-25-21(29-23)19-8-5-9-20(24)15-19)22(28)27-12-10-18(11-13-27)14-17-6-3-2-4-7-17/h2-9,15-16,18H,10-14H2,1H3. The Balaban J connectivity index is 1.29. The number of carbonyl (C=O) groups is 1. The van der Waals surface area contributed by atoms with Crippen molar-refractivity contribution in [2.75, 3.05) is 13.1 Å². The van der Waals surface area contributed by atoms with Gasteiger partial charge in [0.2, 0.25) is 11.8 Å². The molecular formula is C23H24BrN3O2S. The highest BCUT2D eigenvalue weighted by Gasteiger charge is 2.28. The second-order valence-corrected chi connectivity index (χ2v) is 9.81. The van der Waals surface area contributed by atoms with Gasteiger partial charge in [0, 0.05) is 23.1 Å². The molecule has 4 rings (SSSR count). The van der Waals surface area contributed by atoms with Crippen molar-refractivity contribution in [2.24, 2.45) is 5.92 Å². The van der Waals surface area contributed by atoms with Gasteiger partial charge in [0.15, 0.2) is 0 Å². The van der Waals surface area contributed by atoms with Crippen LogP contribution in [0.1, 0.15) is 25.3 Å². The van der Waals surface area contributed by atoms with Gasteiger partial charge in [0.05, 0.1) is 5.25 Å². The summed E-state index contributed by atoms with van der Waals surface area (Å²) in [5, 5.41) is 8.39. The molecule has 5 nitrogen and oxygen atoms in total. The largest absolute Gasteiger partial charge is 0.411 e. The highest BCUT2D eigenvalue weighted by molar-refractivity contribution is 9.10. The minimum atomic E-state index is -0.258. The Morgan fingerprint density at radius 3 is 2.67 bits per heavy atom. The van der Waals surface area contributed by atoms with Crippen molar-refractivity contribution in [1.29, 1.82) is 0 Å². The predicted octanol–water partition coefficient (Wildman–Crippen LogP) is 5.46. The van der Waals surface area contributed by atoms with Crippen LogP contribution in [0, 0.1) is 5.92 Å². The van der Waals surface area contributed by atoms with E-state index in [1.165, 1.54) is 17.3 Å². The fraction of sp³-hybridized carbons (Fsp3) is 0.348. The Hall–Kier alpha value is -2.12. The second kappa shape index (κ2) is 9.79. The van der Waals surface area contributed by atoms with Crippen molar-refractivity contribution in [3.8, 4) is 11.5 Å². The molecule has 0 N–H and O–H groups in total. The molecule has 1 aliphatic rings. The Morgan fingerprint density at radius 1 is 1.17 bits per heavy atom. The number of hydrogen-bond acceptors (Lipinski definition) is 5. The van der Waals surface area contributed by atoms with Gasteiger partial charge in [-0.05, 0) is 55.9 Å².